The van der Waals surface area contributed by atoms with Gasteiger partial charge in [0.1, 0.15) is 6.04 Å². The maximum atomic E-state index is 12.9. The van der Waals surface area contributed by atoms with Crippen molar-refractivity contribution < 1.29 is 14.4 Å². The average Bonchev–Trinajstić information content (AvgIpc) is 3.51. The first-order valence-electron chi connectivity index (χ1n) is 11.3. The Bertz CT molecular complexity index is 860. The van der Waals surface area contributed by atoms with E-state index in [2.05, 4.69) is 27.7 Å². The first kappa shape index (κ1) is 19.7. The van der Waals surface area contributed by atoms with Crippen LogP contribution in [0.15, 0.2) is 18.2 Å². The molecule has 3 amide bonds. The van der Waals surface area contributed by atoms with Crippen LogP contribution in [0.1, 0.15) is 60.0 Å². The molecule has 1 unspecified atom stereocenters. The molecule has 1 aromatic rings. The minimum atomic E-state index is -0.549. The fourth-order valence-electron chi connectivity index (χ4n) is 5.11. The summed E-state index contributed by atoms with van der Waals surface area (Å²) in [6, 6.07) is 6.23. The number of carbonyl (C=O) groups excluding carboxylic acids is 3. The summed E-state index contributed by atoms with van der Waals surface area (Å²) >= 11 is 0. The monoisotopic (exact) mass is 410 g/mol. The van der Waals surface area contributed by atoms with Crippen molar-refractivity contribution in [1.29, 1.82) is 0 Å². The quantitative estimate of drug-likeness (QED) is 0.693. The molecule has 0 bridgehead atoms. The van der Waals surface area contributed by atoms with Crippen LogP contribution in [0, 0.1) is 5.92 Å². The third kappa shape index (κ3) is 4.01. The van der Waals surface area contributed by atoms with Crippen LogP contribution < -0.4 is 10.6 Å². The Morgan fingerprint density at radius 1 is 1.03 bits per heavy atom. The van der Waals surface area contributed by atoms with Gasteiger partial charge in [0.05, 0.1) is 0 Å². The number of fused-ring (bicyclic) bond motifs is 1. The van der Waals surface area contributed by atoms with E-state index in [1.54, 1.807) is 4.90 Å². The van der Waals surface area contributed by atoms with Crippen molar-refractivity contribution in [2.24, 2.45) is 5.92 Å². The highest BCUT2D eigenvalue weighted by Gasteiger charge is 2.39. The van der Waals surface area contributed by atoms with Gasteiger partial charge in [-0.05, 0) is 68.3 Å². The highest BCUT2D eigenvalue weighted by molar-refractivity contribution is 6.05. The lowest BCUT2D eigenvalue weighted by Gasteiger charge is -2.35. The SMILES string of the molecule is O=C1CCC(N2Cc3cc(CN(CC4CC4)C4CCNCC4)ccc3C2=O)C(=O)N1. The zero-order valence-corrected chi connectivity index (χ0v) is 17.4. The van der Waals surface area contributed by atoms with E-state index in [1.807, 2.05) is 6.07 Å². The van der Waals surface area contributed by atoms with Crippen LogP contribution in [-0.4, -0.2) is 59.2 Å². The fourth-order valence-corrected chi connectivity index (χ4v) is 5.11. The van der Waals surface area contributed by atoms with Crippen molar-refractivity contribution in [3.63, 3.8) is 0 Å². The van der Waals surface area contributed by atoms with Crippen molar-refractivity contribution >= 4 is 17.7 Å². The summed E-state index contributed by atoms with van der Waals surface area (Å²) in [5.41, 5.74) is 2.93. The molecule has 30 heavy (non-hydrogen) atoms. The molecule has 4 aliphatic rings. The summed E-state index contributed by atoms with van der Waals surface area (Å²) in [6.07, 6.45) is 5.78. The molecule has 0 aromatic heterocycles. The minimum Gasteiger partial charge on any atom is -0.322 e. The molecule has 7 heteroatoms. The Kier molecular flexibility index (Phi) is 5.33. The van der Waals surface area contributed by atoms with Crippen LogP contribution in [0.25, 0.3) is 0 Å². The molecule has 2 N–H and O–H groups in total. The number of imide groups is 1. The number of benzene rings is 1. The molecular weight excluding hydrogens is 380 g/mol. The predicted molar refractivity (Wildman–Crippen MR) is 112 cm³/mol. The Hall–Kier alpha value is -2.25. The number of rotatable bonds is 6. The van der Waals surface area contributed by atoms with Crippen LogP contribution in [0.3, 0.4) is 0 Å². The van der Waals surface area contributed by atoms with Crippen molar-refractivity contribution in [1.82, 2.24) is 20.4 Å². The van der Waals surface area contributed by atoms with Crippen molar-refractivity contribution in [3.05, 3.63) is 34.9 Å². The van der Waals surface area contributed by atoms with Gasteiger partial charge in [0.15, 0.2) is 0 Å². The Morgan fingerprint density at radius 2 is 1.83 bits per heavy atom. The van der Waals surface area contributed by atoms with E-state index in [1.165, 1.54) is 37.8 Å². The van der Waals surface area contributed by atoms with Gasteiger partial charge < -0.3 is 10.2 Å². The number of nitrogens with one attached hydrogen (secondary N) is 2. The van der Waals surface area contributed by atoms with E-state index in [4.69, 9.17) is 0 Å². The molecule has 7 nitrogen and oxygen atoms in total. The van der Waals surface area contributed by atoms with Gasteiger partial charge in [-0.15, -0.1) is 0 Å². The molecule has 1 aromatic carbocycles. The van der Waals surface area contributed by atoms with Gasteiger partial charge in [-0.25, -0.2) is 0 Å². The zero-order chi connectivity index (χ0) is 20.7. The molecule has 3 fully saturated rings. The summed E-state index contributed by atoms with van der Waals surface area (Å²) in [5, 5.41) is 5.83. The van der Waals surface area contributed by atoms with Crippen LogP contribution in [0.5, 0.6) is 0 Å². The normalized spacial score (nSPS) is 25.0. The van der Waals surface area contributed by atoms with Crippen LogP contribution in [0.2, 0.25) is 0 Å². The van der Waals surface area contributed by atoms with E-state index < -0.39 is 6.04 Å². The maximum Gasteiger partial charge on any atom is 0.255 e. The number of nitrogens with zero attached hydrogens (tertiary/aromatic N) is 2. The Labute approximate surface area is 177 Å². The second-order valence-corrected chi connectivity index (χ2v) is 9.25. The number of hydrogen-bond acceptors (Lipinski definition) is 5. The summed E-state index contributed by atoms with van der Waals surface area (Å²) in [5.74, 6) is 0.142. The molecule has 1 saturated carbocycles. The van der Waals surface area contributed by atoms with Crippen LogP contribution >= 0.6 is 0 Å². The number of piperidine rings is 2. The second-order valence-electron chi connectivity index (χ2n) is 9.25. The molecule has 5 rings (SSSR count). The van der Waals surface area contributed by atoms with Gasteiger partial charge in [0, 0.05) is 37.7 Å². The van der Waals surface area contributed by atoms with Crippen LogP contribution in [-0.2, 0) is 22.7 Å². The number of hydrogen-bond donors (Lipinski definition) is 2. The Balaban J connectivity index is 1.30. The van der Waals surface area contributed by atoms with E-state index in [-0.39, 0.29) is 24.1 Å². The topological polar surface area (TPSA) is 81.8 Å². The van der Waals surface area contributed by atoms with E-state index in [9.17, 15) is 14.4 Å². The molecule has 3 heterocycles. The molecule has 1 atom stereocenters. The summed E-state index contributed by atoms with van der Waals surface area (Å²) < 4.78 is 0. The molecule has 1 aliphatic carbocycles. The fraction of sp³-hybridized carbons (Fsp3) is 0.609. The van der Waals surface area contributed by atoms with Crippen LogP contribution in [0.4, 0.5) is 0 Å². The highest BCUT2D eigenvalue weighted by atomic mass is 16.2. The largest absolute Gasteiger partial charge is 0.322 e. The lowest BCUT2D eigenvalue weighted by molar-refractivity contribution is -0.136. The molecular formula is C23H30N4O3. The average molecular weight is 411 g/mol. The lowest BCUT2D eigenvalue weighted by Crippen LogP contribution is -2.52. The summed E-state index contributed by atoms with van der Waals surface area (Å²) in [7, 11) is 0. The van der Waals surface area contributed by atoms with Crippen molar-refractivity contribution in [2.45, 2.75) is 63.7 Å². The molecule has 0 spiro atoms. The smallest absolute Gasteiger partial charge is 0.255 e. The van der Waals surface area contributed by atoms with E-state index in [0.717, 1.165) is 31.1 Å². The molecule has 160 valence electrons. The van der Waals surface area contributed by atoms with Gasteiger partial charge in [0.2, 0.25) is 11.8 Å². The van der Waals surface area contributed by atoms with Gasteiger partial charge in [0.25, 0.3) is 5.91 Å². The summed E-state index contributed by atoms with van der Waals surface area (Å²) in [6.45, 7) is 4.71. The van der Waals surface area contributed by atoms with E-state index in [0.29, 0.717) is 24.6 Å². The third-order valence-corrected chi connectivity index (χ3v) is 6.99. The minimum absolute atomic E-state index is 0.0979. The standard InChI is InChI=1S/C23H30N4O3/c28-21-6-5-20(22(29)25-21)27-14-17-11-16(3-4-19(17)23(27)30)13-26(12-15-1-2-15)18-7-9-24-10-8-18/h3-4,11,15,18,20,24H,1-2,5-10,12-14H2,(H,25,28,29). The first-order chi connectivity index (χ1) is 14.6. The first-order valence-corrected chi connectivity index (χ1v) is 11.3. The van der Waals surface area contributed by atoms with Crippen molar-refractivity contribution in [3.8, 4) is 0 Å². The summed E-state index contributed by atoms with van der Waals surface area (Å²) in [4.78, 5) is 40.9. The predicted octanol–water partition coefficient (Wildman–Crippen LogP) is 1.41. The van der Waals surface area contributed by atoms with Crippen molar-refractivity contribution in [2.75, 3.05) is 19.6 Å². The molecule has 0 radical (unpaired) electrons. The third-order valence-electron chi connectivity index (χ3n) is 6.99. The van der Waals surface area contributed by atoms with Gasteiger partial charge >= 0.3 is 0 Å². The molecule has 3 aliphatic heterocycles. The van der Waals surface area contributed by atoms with Gasteiger partial charge in [-0.3, -0.25) is 24.6 Å². The van der Waals surface area contributed by atoms with Gasteiger partial charge in [-0.2, -0.15) is 0 Å². The second kappa shape index (κ2) is 8.12. The highest BCUT2D eigenvalue weighted by Crippen LogP contribution is 2.33. The number of amides is 3. The lowest BCUT2D eigenvalue weighted by atomic mass is 10.0. The zero-order valence-electron chi connectivity index (χ0n) is 17.4. The van der Waals surface area contributed by atoms with E-state index >= 15 is 0 Å². The van der Waals surface area contributed by atoms with Gasteiger partial charge in [-0.1, -0.05) is 12.1 Å². The maximum absolute atomic E-state index is 12.9. The Morgan fingerprint density at radius 3 is 2.57 bits per heavy atom. The molecule has 2 saturated heterocycles. The number of carbonyl (C=O) groups is 3.